The highest BCUT2D eigenvalue weighted by Crippen LogP contribution is 2.21. The normalized spacial score (nSPS) is 10.3. The van der Waals surface area contributed by atoms with Crippen LogP contribution >= 0.6 is 0 Å². The summed E-state index contributed by atoms with van der Waals surface area (Å²) in [6, 6.07) is 10.4. The third-order valence-electron chi connectivity index (χ3n) is 2.97. The highest BCUT2D eigenvalue weighted by atomic mass is 19.1. The second-order valence-electron chi connectivity index (χ2n) is 4.34. The molecule has 0 aromatic heterocycles. The highest BCUT2D eigenvalue weighted by Gasteiger charge is 2.14. The van der Waals surface area contributed by atoms with Gasteiger partial charge < -0.3 is 10.0 Å². The number of carbonyl (C=O) groups excluding carboxylic acids is 1. The van der Waals surface area contributed by atoms with Gasteiger partial charge in [0.1, 0.15) is 11.6 Å². The number of amides is 1. The predicted octanol–water partition coefficient (Wildman–Crippen LogP) is 3.12. The highest BCUT2D eigenvalue weighted by molar-refractivity contribution is 6.06. The number of phenols is 1. The number of hydrogen-bond acceptors (Lipinski definition) is 2. The molecular formula is C15H14FNO2. The van der Waals surface area contributed by atoms with Crippen LogP contribution in [0.3, 0.4) is 0 Å². The first-order chi connectivity index (χ1) is 8.99. The van der Waals surface area contributed by atoms with Gasteiger partial charge in [-0.05, 0) is 48.9 Å². The van der Waals surface area contributed by atoms with E-state index in [9.17, 15) is 14.3 Å². The van der Waals surface area contributed by atoms with Gasteiger partial charge in [0.05, 0.1) is 0 Å². The molecule has 4 heteroatoms. The molecule has 0 aliphatic rings. The molecule has 0 heterocycles. The SMILES string of the molecule is Cc1ccc(C(=O)N(C)c2ccc(F)cc2)cc1O. The largest absolute Gasteiger partial charge is 0.508 e. The van der Waals surface area contributed by atoms with Crippen molar-refractivity contribution in [3.8, 4) is 5.75 Å². The van der Waals surface area contributed by atoms with Crippen molar-refractivity contribution in [1.82, 2.24) is 0 Å². The maximum absolute atomic E-state index is 12.8. The summed E-state index contributed by atoms with van der Waals surface area (Å²) in [5.41, 5.74) is 1.68. The first-order valence-electron chi connectivity index (χ1n) is 5.82. The summed E-state index contributed by atoms with van der Waals surface area (Å²) in [5.74, 6) is -0.530. The molecule has 0 radical (unpaired) electrons. The Balaban J connectivity index is 2.28. The van der Waals surface area contributed by atoms with Crippen molar-refractivity contribution in [1.29, 1.82) is 0 Å². The van der Waals surface area contributed by atoms with Crippen LogP contribution < -0.4 is 4.90 Å². The molecule has 0 bridgehead atoms. The summed E-state index contributed by atoms with van der Waals surface area (Å²) < 4.78 is 12.8. The van der Waals surface area contributed by atoms with Gasteiger partial charge in [0.15, 0.2) is 0 Å². The first-order valence-corrected chi connectivity index (χ1v) is 5.82. The van der Waals surface area contributed by atoms with Crippen molar-refractivity contribution >= 4 is 11.6 Å². The molecule has 2 rings (SSSR count). The van der Waals surface area contributed by atoms with Crippen molar-refractivity contribution in [3.05, 3.63) is 59.4 Å². The Hall–Kier alpha value is -2.36. The van der Waals surface area contributed by atoms with E-state index in [1.165, 1.54) is 35.2 Å². The van der Waals surface area contributed by atoms with Crippen molar-refractivity contribution in [2.45, 2.75) is 6.92 Å². The average molecular weight is 259 g/mol. The minimum atomic E-state index is -0.349. The predicted molar refractivity (Wildman–Crippen MR) is 72.0 cm³/mol. The molecule has 2 aromatic carbocycles. The van der Waals surface area contributed by atoms with Gasteiger partial charge in [-0.2, -0.15) is 0 Å². The Labute approximate surface area is 110 Å². The number of carbonyl (C=O) groups is 1. The molecule has 3 nitrogen and oxygen atoms in total. The summed E-state index contributed by atoms with van der Waals surface area (Å²) in [6.45, 7) is 1.76. The summed E-state index contributed by atoms with van der Waals surface area (Å²) in [6.07, 6.45) is 0. The van der Waals surface area contributed by atoms with Crippen LogP contribution in [0, 0.1) is 12.7 Å². The van der Waals surface area contributed by atoms with E-state index < -0.39 is 0 Å². The number of benzene rings is 2. The summed E-state index contributed by atoms with van der Waals surface area (Å²) in [5, 5.41) is 9.62. The van der Waals surface area contributed by atoms with Crippen LogP contribution in [0.4, 0.5) is 10.1 Å². The zero-order valence-corrected chi connectivity index (χ0v) is 10.7. The third-order valence-corrected chi connectivity index (χ3v) is 2.97. The van der Waals surface area contributed by atoms with Crippen LogP contribution in [0.5, 0.6) is 5.75 Å². The van der Waals surface area contributed by atoms with Crippen molar-refractivity contribution in [2.75, 3.05) is 11.9 Å². The third kappa shape index (κ3) is 2.73. The van der Waals surface area contributed by atoms with E-state index in [2.05, 4.69) is 0 Å². The Morgan fingerprint density at radius 3 is 2.37 bits per heavy atom. The smallest absolute Gasteiger partial charge is 0.258 e. The molecule has 0 unspecified atom stereocenters. The zero-order chi connectivity index (χ0) is 14.0. The van der Waals surface area contributed by atoms with Gasteiger partial charge >= 0.3 is 0 Å². The molecule has 2 aromatic rings. The molecule has 0 aliphatic carbocycles. The van der Waals surface area contributed by atoms with E-state index in [-0.39, 0.29) is 17.5 Å². The number of nitrogens with zero attached hydrogens (tertiary/aromatic N) is 1. The van der Waals surface area contributed by atoms with E-state index in [0.717, 1.165) is 0 Å². The van der Waals surface area contributed by atoms with Crippen LogP contribution in [-0.2, 0) is 0 Å². The molecule has 1 amide bonds. The summed E-state index contributed by atoms with van der Waals surface area (Å²) in [4.78, 5) is 13.6. The quantitative estimate of drug-likeness (QED) is 0.900. The van der Waals surface area contributed by atoms with Crippen LogP contribution in [-0.4, -0.2) is 18.1 Å². The van der Waals surface area contributed by atoms with Gasteiger partial charge in [-0.15, -0.1) is 0 Å². The number of phenolic OH excluding ortho intramolecular Hbond substituents is 1. The molecule has 0 fully saturated rings. The molecule has 98 valence electrons. The van der Waals surface area contributed by atoms with E-state index in [1.807, 2.05) is 0 Å². The molecule has 0 spiro atoms. The molecule has 19 heavy (non-hydrogen) atoms. The number of rotatable bonds is 2. The van der Waals surface area contributed by atoms with E-state index in [4.69, 9.17) is 0 Å². The fraction of sp³-hybridized carbons (Fsp3) is 0.133. The topological polar surface area (TPSA) is 40.5 Å². The first kappa shape index (κ1) is 13.1. The minimum Gasteiger partial charge on any atom is -0.508 e. The lowest BCUT2D eigenvalue weighted by Gasteiger charge is -2.17. The van der Waals surface area contributed by atoms with Gasteiger partial charge in [-0.25, -0.2) is 4.39 Å². The van der Waals surface area contributed by atoms with Crippen molar-refractivity contribution < 1.29 is 14.3 Å². The van der Waals surface area contributed by atoms with Gasteiger partial charge in [0, 0.05) is 18.3 Å². The van der Waals surface area contributed by atoms with Crippen LogP contribution in [0.25, 0.3) is 0 Å². The maximum atomic E-state index is 12.8. The lowest BCUT2D eigenvalue weighted by molar-refractivity contribution is 0.0992. The Morgan fingerprint density at radius 2 is 1.79 bits per heavy atom. The van der Waals surface area contributed by atoms with E-state index in [1.54, 1.807) is 26.1 Å². The van der Waals surface area contributed by atoms with Crippen LogP contribution in [0.1, 0.15) is 15.9 Å². The molecule has 1 N–H and O–H groups in total. The fourth-order valence-electron chi connectivity index (χ4n) is 1.72. The van der Waals surface area contributed by atoms with Crippen molar-refractivity contribution in [3.63, 3.8) is 0 Å². The maximum Gasteiger partial charge on any atom is 0.258 e. The van der Waals surface area contributed by atoms with E-state index >= 15 is 0 Å². The van der Waals surface area contributed by atoms with Gasteiger partial charge in [-0.1, -0.05) is 6.07 Å². The second-order valence-corrected chi connectivity index (χ2v) is 4.34. The monoisotopic (exact) mass is 259 g/mol. The number of anilines is 1. The lowest BCUT2D eigenvalue weighted by Crippen LogP contribution is -2.26. The van der Waals surface area contributed by atoms with Crippen LogP contribution in [0.15, 0.2) is 42.5 Å². The molecule has 0 saturated carbocycles. The van der Waals surface area contributed by atoms with Crippen LogP contribution in [0.2, 0.25) is 0 Å². The van der Waals surface area contributed by atoms with Crippen molar-refractivity contribution in [2.24, 2.45) is 0 Å². The fourth-order valence-corrected chi connectivity index (χ4v) is 1.72. The number of halogens is 1. The van der Waals surface area contributed by atoms with Gasteiger partial charge in [0.2, 0.25) is 0 Å². The van der Waals surface area contributed by atoms with Gasteiger partial charge in [0.25, 0.3) is 5.91 Å². The van der Waals surface area contributed by atoms with E-state index in [0.29, 0.717) is 16.8 Å². The second kappa shape index (κ2) is 5.10. The number of hydrogen-bond donors (Lipinski definition) is 1. The molecule has 0 saturated heterocycles. The molecule has 0 aliphatic heterocycles. The average Bonchev–Trinajstić information content (AvgIpc) is 2.41. The standard InChI is InChI=1S/C15H14FNO2/c1-10-3-4-11(9-14(10)18)15(19)17(2)13-7-5-12(16)6-8-13/h3-9,18H,1-2H3. The Bertz CT molecular complexity index is 608. The van der Waals surface area contributed by atoms with Gasteiger partial charge in [-0.3, -0.25) is 4.79 Å². The Kier molecular flexibility index (Phi) is 3.51. The summed E-state index contributed by atoms with van der Waals surface area (Å²) >= 11 is 0. The molecule has 0 atom stereocenters. The number of aromatic hydroxyl groups is 1. The minimum absolute atomic E-state index is 0.0818. The zero-order valence-electron chi connectivity index (χ0n) is 10.7. The summed E-state index contributed by atoms with van der Waals surface area (Å²) in [7, 11) is 1.60. The molecular weight excluding hydrogens is 245 g/mol. The number of aryl methyl sites for hydroxylation is 1. The lowest BCUT2D eigenvalue weighted by atomic mass is 10.1. The Morgan fingerprint density at radius 1 is 1.16 bits per heavy atom.